The number of benzene rings is 1. The SMILES string of the molecule is CN1CCC(NC(=O)OC(C)(C)C)(C(=O)O)c2ccccc21. The van der Waals surface area contributed by atoms with Crippen molar-refractivity contribution in [2.75, 3.05) is 18.5 Å². The highest BCUT2D eigenvalue weighted by molar-refractivity contribution is 5.89. The van der Waals surface area contributed by atoms with Crippen molar-refractivity contribution < 1.29 is 19.4 Å². The van der Waals surface area contributed by atoms with Crippen LogP contribution in [-0.2, 0) is 15.1 Å². The molecular formula is C16H22N2O4. The maximum absolute atomic E-state index is 12.1. The quantitative estimate of drug-likeness (QED) is 0.876. The van der Waals surface area contributed by atoms with Crippen molar-refractivity contribution in [2.24, 2.45) is 0 Å². The zero-order valence-corrected chi connectivity index (χ0v) is 13.3. The highest BCUT2D eigenvalue weighted by Crippen LogP contribution is 2.38. The van der Waals surface area contributed by atoms with E-state index in [2.05, 4.69) is 5.32 Å². The van der Waals surface area contributed by atoms with Gasteiger partial charge in [-0.05, 0) is 26.8 Å². The molecule has 0 spiro atoms. The van der Waals surface area contributed by atoms with E-state index in [-0.39, 0.29) is 6.42 Å². The minimum atomic E-state index is -1.47. The summed E-state index contributed by atoms with van der Waals surface area (Å²) in [6.07, 6.45) is -0.455. The molecule has 1 amide bonds. The van der Waals surface area contributed by atoms with Crippen LogP contribution in [0.15, 0.2) is 24.3 Å². The standard InChI is InChI=1S/C16H22N2O4/c1-15(2,3)22-14(21)17-16(13(19)20)9-10-18(4)12-8-6-5-7-11(12)16/h5-8H,9-10H2,1-4H3,(H,17,21)(H,19,20). The van der Waals surface area contributed by atoms with E-state index in [1.54, 1.807) is 32.9 Å². The Balaban J connectivity index is 2.41. The van der Waals surface area contributed by atoms with Crippen molar-refractivity contribution in [1.82, 2.24) is 5.32 Å². The van der Waals surface area contributed by atoms with E-state index in [1.165, 1.54) is 0 Å². The van der Waals surface area contributed by atoms with Crippen LogP contribution in [0.4, 0.5) is 10.5 Å². The normalized spacial score (nSPS) is 21.0. The zero-order chi connectivity index (χ0) is 16.5. The summed E-state index contributed by atoms with van der Waals surface area (Å²) in [5.74, 6) is -1.08. The number of nitrogens with one attached hydrogen (secondary N) is 1. The second-order valence-corrected chi connectivity index (χ2v) is 6.53. The fraction of sp³-hybridized carbons (Fsp3) is 0.500. The number of carboxylic acids is 1. The molecule has 2 N–H and O–H groups in total. The molecule has 22 heavy (non-hydrogen) atoms. The summed E-state index contributed by atoms with van der Waals surface area (Å²) < 4.78 is 5.23. The Morgan fingerprint density at radius 1 is 1.32 bits per heavy atom. The minimum absolute atomic E-state index is 0.273. The summed E-state index contributed by atoms with van der Waals surface area (Å²) in [6, 6.07) is 7.20. The number of alkyl carbamates (subject to hydrolysis) is 1. The Hall–Kier alpha value is -2.24. The Kier molecular flexibility index (Phi) is 4.04. The number of rotatable bonds is 2. The largest absolute Gasteiger partial charge is 0.479 e. The van der Waals surface area contributed by atoms with Crippen molar-refractivity contribution in [3.05, 3.63) is 29.8 Å². The molecule has 1 aromatic rings. The maximum atomic E-state index is 12.1. The third kappa shape index (κ3) is 3.00. The molecule has 1 aliphatic heterocycles. The van der Waals surface area contributed by atoms with Gasteiger partial charge in [-0.25, -0.2) is 9.59 Å². The van der Waals surface area contributed by atoms with E-state index in [9.17, 15) is 14.7 Å². The summed E-state index contributed by atoms with van der Waals surface area (Å²) in [5, 5.41) is 12.4. The van der Waals surface area contributed by atoms with Gasteiger partial charge in [0.15, 0.2) is 5.54 Å². The molecule has 0 saturated heterocycles. The lowest BCUT2D eigenvalue weighted by molar-refractivity contribution is -0.145. The van der Waals surface area contributed by atoms with Crippen molar-refractivity contribution in [3.63, 3.8) is 0 Å². The van der Waals surface area contributed by atoms with Crippen molar-refractivity contribution in [3.8, 4) is 0 Å². The predicted octanol–water partition coefficient (Wildman–Crippen LogP) is 2.33. The van der Waals surface area contributed by atoms with Gasteiger partial charge < -0.3 is 20.1 Å². The molecule has 1 aromatic carbocycles. The van der Waals surface area contributed by atoms with Gasteiger partial charge in [-0.1, -0.05) is 18.2 Å². The topological polar surface area (TPSA) is 78.9 Å². The first-order valence-corrected chi connectivity index (χ1v) is 7.21. The number of hydrogen-bond acceptors (Lipinski definition) is 4. The molecule has 1 heterocycles. The molecule has 2 rings (SSSR count). The van der Waals surface area contributed by atoms with Crippen LogP contribution in [0.3, 0.4) is 0 Å². The molecule has 0 aliphatic carbocycles. The second-order valence-electron chi connectivity index (χ2n) is 6.53. The molecule has 0 radical (unpaired) electrons. The van der Waals surface area contributed by atoms with E-state index >= 15 is 0 Å². The van der Waals surface area contributed by atoms with Crippen LogP contribution in [0.5, 0.6) is 0 Å². The molecule has 6 nitrogen and oxygen atoms in total. The second kappa shape index (κ2) is 5.51. The van der Waals surface area contributed by atoms with Gasteiger partial charge in [-0.3, -0.25) is 0 Å². The molecular weight excluding hydrogens is 284 g/mol. The van der Waals surface area contributed by atoms with Gasteiger partial charge in [0.1, 0.15) is 5.60 Å². The Morgan fingerprint density at radius 2 is 1.95 bits per heavy atom. The molecule has 0 aromatic heterocycles. The number of carbonyl (C=O) groups is 2. The van der Waals surface area contributed by atoms with Crippen molar-refractivity contribution >= 4 is 17.7 Å². The lowest BCUT2D eigenvalue weighted by atomic mass is 9.82. The number of fused-ring (bicyclic) bond motifs is 1. The zero-order valence-electron chi connectivity index (χ0n) is 13.3. The average Bonchev–Trinajstić information content (AvgIpc) is 2.40. The number of carboxylic acid groups (broad SMARTS) is 1. The summed E-state index contributed by atoms with van der Waals surface area (Å²) in [6.45, 7) is 5.74. The first-order chi connectivity index (χ1) is 10.2. The third-order valence-corrected chi connectivity index (χ3v) is 3.68. The van der Waals surface area contributed by atoms with E-state index in [4.69, 9.17) is 4.74 Å². The predicted molar refractivity (Wildman–Crippen MR) is 83.0 cm³/mol. The summed E-state index contributed by atoms with van der Waals surface area (Å²) in [4.78, 5) is 26.1. The highest BCUT2D eigenvalue weighted by atomic mass is 16.6. The van der Waals surface area contributed by atoms with Gasteiger partial charge in [0.25, 0.3) is 0 Å². The average molecular weight is 306 g/mol. The fourth-order valence-electron chi connectivity index (χ4n) is 2.64. The van der Waals surface area contributed by atoms with Gasteiger partial charge in [-0.2, -0.15) is 0 Å². The fourth-order valence-corrected chi connectivity index (χ4v) is 2.64. The molecule has 1 aliphatic rings. The third-order valence-electron chi connectivity index (χ3n) is 3.68. The number of nitrogens with zero attached hydrogens (tertiary/aromatic N) is 1. The lowest BCUT2D eigenvalue weighted by Crippen LogP contribution is -2.56. The van der Waals surface area contributed by atoms with E-state index < -0.39 is 23.2 Å². The smallest absolute Gasteiger partial charge is 0.408 e. The molecule has 6 heteroatoms. The number of ether oxygens (including phenoxy) is 1. The van der Waals surface area contributed by atoms with Crippen molar-refractivity contribution in [2.45, 2.75) is 38.3 Å². The van der Waals surface area contributed by atoms with Gasteiger partial charge in [0, 0.05) is 31.3 Å². The van der Waals surface area contributed by atoms with Gasteiger partial charge in [0.05, 0.1) is 0 Å². The molecule has 1 atom stereocenters. The van der Waals surface area contributed by atoms with E-state index in [0.717, 1.165) is 5.69 Å². The molecule has 0 bridgehead atoms. The summed E-state index contributed by atoms with van der Waals surface area (Å²) in [5.41, 5.74) is -0.783. The van der Waals surface area contributed by atoms with Crippen LogP contribution >= 0.6 is 0 Å². The number of hydrogen-bond donors (Lipinski definition) is 2. The minimum Gasteiger partial charge on any atom is -0.479 e. The van der Waals surface area contributed by atoms with Gasteiger partial charge in [0.2, 0.25) is 0 Å². The Morgan fingerprint density at radius 3 is 2.55 bits per heavy atom. The molecule has 0 saturated carbocycles. The van der Waals surface area contributed by atoms with Crippen LogP contribution in [0.1, 0.15) is 32.8 Å². The van der Waals surface area contributed by atoms with Crippen molar-refractivity contribution in [1.29, 1.82) is 0 Å². The monoisotopic (exact) mass is 306 g/mol. The van der Waals surface area contributed by atoms with Crippen LogP contribution in [0.2, 0.25) is 0 Å². The van der Waals surface area contributed by atoms with Crippen LogP contribution in [0.25, 0.3) is 0 Å². The lowest BCUT2D eigenvalue weighted by Gasteiger charge is -2.40. The first-order valence-electron chi connectivity index (χ1n) is 7.21. The number of aliphatic carboxylic acids is 1. The summed E-state index contributed by atoms with van der Waals surface area (Å²) in [7, 11) is 1.90. The summed E-state index contributed by atoms with van der Waals surface area (Å²) >= 11 is 0. The maximum Gasteiger partial charge on any atom is 0.408 e. The molecule has 0 fully saturated rings. The number of para-hydroxylation sites is 1. The van der Waals surface area contributed by atoms with Crippen LogP contribution in [-0.4, -0.2) is 36.4 Å². The van der Waals surface area contributed by atoms with Gasteiger partial charge >= 0.3 is 12.1 Å². The highest BCUT2D eigenvalue weighted by Gasteiger charge is 2.47. The Labute approximate surface area is 130 Å². The number of anilines is 1. The number of carbonyl (C=O) groups excluding carboxylic acids is 1. The first kappa shape index (κ1) is 16.1. The Bertz CT molecular complexity index is 594. The van der Waals surface area contributed by atoms with Gasteiger partial charge in [-0.15, -0.1) is 0 Å². The van der Waals surface area contributed by atoms with Crippen LogP contribution in [0, 0.1) is 0 Å². The van der Waals surface area contributed by atoms with E-state index in [0.29, 0.717) is 12.1 Å². The van der Waals surface area contributed by atoms with Crippen LogP contribution < -0.4 is 10.2 Å². The molecule has 120 valence electrons. The molecule has 1 unspecified atom stereocenters. The van der Waals surface area contributed by atoms with E-state index in [1.807, 2.05) is 24.1 Å². The number of amides is 1.